The van der Waals surface area contributed by atoms with Gasteiger partial charge in [0.05, 0.1) is 25.1 Å². The molecule has 0 radical (unpaired) electrons. The molecule has 1 unspecified atom stereocenters. The molecule has 37 heavy (non-hydrogen) atoms. The molecule has 0 aliphatic carbocycles. The first-order chi connectivity index (χ1) is 18.0. The third-order valence-electron chi connectivity index (χ3n) is 5.52. The van der Waals surface area contributed by atoms with Crippen LogP contribution in [0.5, 0.6) is 5.75 Å². The van der Waals surface area contributed by atoms with Gasteiger partial charge in [0.25, 0.3) is 5.91 Å². The number of rotatable bonds is 10. The van der Waals surface area contributed by atoms with Crippen LogP contribution in [0, 0.1) is 6.92 Å². The maximum atomic E-state index is 12.8. The Labute approximate surface area is 228 Å². The summed E-state index contributed by atoms with van der Waals surface area (Å²) in [6.45, 7) is 4.35. The topological polar surface area (TPSA) is 93.4 Å². The van der Waals surface area contributed by atoms with Crippen LogP contribution in [-0.2, 0) is 11.3 Å². The summed E-state index contributed by atoms with van der Waals surface area (Å²) >= 11 is 4.75. The number of benzene rings is 3. The minimum atomic E-state index is -0.467. The fourth-order valence-corrected chi connectivity index (χ4v) is 4.81. The maximum absolute atomic E-state index is 12.8. The van der Waals surface area contributed by atoms with Gasteiger partial charge in [-0.25, -0.2) is 5.43 Å². The molecule has 8 nitrogen and oxygen atoms in total. The van der Waals surface area contributed by atoms with Crippen LogP contribution in [0.4, 0.5) is 5.69 Å². The molecule has 0 fully saturated rings. The van der Waals surface area contributed by atoms with Gasteiger partial charge in [-0.15, -0.1) is 10.2 Å². The third kappa shape index (κ3) is 6.78. The SMILES string of the molecule is COc1ccc(Br)cc1/C=N/NC(=O)C(C)Sc1nnc(CNc2ccccc2C)n1-c1ccccc1. The molecule has 1 heterocycles. The second-order valence-electron chi connectivity index (χ2n) is 8.12. The van der Waals surface area contributed by atoms with Gasteiger partial charge < -0.3 is 10.1 Å². The monoisotopic (exact) mass is 578 g/mol. The molecular weight excluding hydrogens is 552 g/mol. The average Bonchev–Trinajstić information content (AvgIpc) is 3.31. The van der Waals surface area contributed by atoms with Crippen molar-refractivity contribution in [2.24, 2.45) is 5.10 Å². The van der Waals surface area contributed by atoms with E-state index in [1.807, 2.05) is 78.2 Å². The molecule has 4 aromatic rings. The number of halogens is 1. The molecule has 3 aromatic carbocycles. The van der Waals surface area contributed by atoms with Crippen LogP contribution >= 0.6 is 27.7 Å². The van der Waals surface area contributed by atoms with Crippen molar-refractivity contribution in [3.8, 4) is 11.4 Å². The molecule has 1 aromatic heterocycles. The smallest absolute Gasteiger partial charge is 0.253 e. The van der Waals surface area contributed by atoms with Gasteiger partial charge in [0.15, 0.2) is 11.0 Å². The van der Waals surface area contributed by atoms with E-state index in [2.05, 4.69) is 55.0 Å². The molecule has 0 aliphatic rings. The average molecular weight is 580 g/mol. The first-order valence-corrected chi connectivity index (χ1v) is 13.3. The zero-order chi connectivity index (χ0) is 26.2. The van der Waals surface area contributed by atoms with E-state index in [9.17, 15) is 4.79 Å². The molecule has 1 amide bonds. The summed E-state index contributed by atoms with van der Waals surface area (Å²) in [7, 11) is 1.59. The Bertz CT molecular complexity index is 1390. The minimum absolute atomic E-state index is 0.252. The van der Waals surface area contributed by atoms with Crippen LogP contribution in [-0.4, -0.2) is 39.2 Å². The summed E-state index contributed by atoms with van der Waals surface area (Å²) < 4.78 is 8.20. The Morgan fingerprint density at radius 3 is 2.65 bits per heavy atom. The summed E-state index contributed by atoms with van der Waals surface area (Å²) in [4.78, 5) is 12.8. The van der Waals surface area contributed by atoms with Gasteiger partial charge in [-0.1, -0.05) is 64.1 Å². The number of para-hydroxylation sites is 2. The number of hydrogen-bond acceptors (Lipinski definition) is 7. The lowest BCUT2D eigenvalue weighted by atomic mass is 10.2. The number of hydrazone groups is 1. The third-order valence-corrected chi connectivity index (χ3v) is 7.05. The van der Waals surface area contributed by atoms with Crippen molar-refractivity contribution in [1.82, 2.24) is 20.2 Å². The van der Waals surface area contributed by atoms with Gasteiger partial charge in [0, 0.05) is 21.4 Å². The number of carbonyl (C=O) groups excluding carboxylic acids is 1. The molecule has 0 aliphatic heterocycles. The summed E-state index contributed by atoms with van der Waals surface area (Å²) in [5, 5.41) is 16.5. The minimum Gasteiger partial charge on any atom is -0.496 e. The van der Waals surface area contributed by atoms with Crippen molar-refractivity contribution in [3.63, 3.8) is 0 Å². The van der Waals surface area contributed by atoms with Crippen molar-refractivity contribution in [1.29, 1.82) is 0 Å². The maximum Gasteiger partial charge on any atom is 0.253 e. The number of thioether (sulfide) groups is 1. The second-order valence-corrected chi connectivity index (χ2v) is 10.3. The number of aryl methyl sites for hydroxylation is 1. The summed E-state index contributed by atoms with van der Waals surface area (Å²) in [5.41, 5.74) is 6.45. The Hall–Kier alpha value is -3.63. The molecule has 4 rings (SSSR count). The molecular formula is C27H27BrN6O2S. The Kier molecular flexibility index (Phi) is 8.97. The van der Waals surface area contributed by atoms with E-state index in [0.717, 1.165) is 32.8 Å². The highest BCUT2D eigenvalue weighted by molar-refractivity contribution is 9.10. The highest BCUT2D eigenvalue weighted by Gasteiger charge is 2.21. The van der Waals surface area contributed by atoms with Crippen molar-refractivity contribution < 1.29 is 9.53 Å². The number of nitrogens with zero attached hydrogens (tertiary/aromatic N) is 4. The highest BCUT2D eigenvalue weighted by atomic mass is 79.9. The number of methoxy groups -OCH3 is 1. The zero-order valence-corrected chi connectivity index (χ0v) is 23.1. The van der Waals surface area contributed by atoms with Gasteiger partial charge in [-0.2, -0.15) is 5.10 Å². The van der Waals surface area contributed by atoms with Crippen molar-refractivity contribution in [2.45, 2.75) is 30.8 Å². The van der Waals surface area contributed by atoms with Crippen LogP contribution in [0.3, 0.4) is 0 Å². The van der Waals surface area contributed by atoms with Gasteiger partial charge in [-0.05, 0) is 55.8 Å². The van der Waals surface area contributed by atoms with E-state index >= 15 is 0 Å². The lowest BCUT2D eigenvalue weighted by Gasteiger charge is -2.14. The standard InChI is InChI=1S/C27H27BrN6O2S/c1-18-9-7-8-12-23(18)29-17-25-31-33-27(34(25)22-10-5-4-6-11-22)37-19(2)26(35)32-30-16-20-15-21(28)13-14-24(20)36-3/h4-16,19,29H,17H2,1-3H3,(H,32,35)/b30-16+. The molecule has 2 N–H and O–H groups in total. The van der Waals surface area contributed by atoms with Crippen molar-refractivity contribution in [3.05, 3.63) is 94.2 Å². The fraction of sp³-hybridized carbons (Fsp3) is 0.185. The fourth-order valence-electron chi connectivity index (χ4n) is 3.55. The van der Waals surface area contributed by atoms with Crippen LogP contribution in [0.15, 0.2) is 87.5 Å². The summed E-state index contributed by atoms with van der Waals surface area (Å²) in [6, 6.07) is 23.5. The van der Waals surface area contributed by atoms with Crippen LogP contribution in [0.1, 0.15) is 23.9 Å². The first-order valence-electron chi connectivity index (χ1n) is 11.6. The first kappa shape index (κ1) is 26.4. The number of hydrogen-bond donors (Lipinski definition) is 2. The van der Waals surface area contributed by atoms with Crippen molar-refractivity contribution in [2.75, 3.05) is 12.4 Å². The Morgan fingerprint density at radius 2 is 1.89 bits per heavy atom. The van der Waals surface area contributed by atoms with E-state index in [0.29, 0.717) is 17.5 Å². The predicted molar refractivity (Wildman–Crippen MR) is 152 cm³/mol. The molecule has 190 valence electrons. The number of anilines is 1. The molecule has 1 atom stereocenters. The Balaban J connectivity index is 1.48. The normalized spacial score (nSPS) is 11.9. The number of nitrogens with one attached hydrogen (secondary N) is 2. The highest BCUT2D eigenvalue weighted by Crippen LogP contribution is 2.27. The van der Waals surface area contributed by atoms with Gasteiger partial charge in [0.2, 0.25) is 0 Å². The number of ether oxygens (including phenoxy) is 1. The molecule has 0 spiro atoms. The Morgan fingerprint density at radius 1 is 1.14 bits per heavy atom. The summed E-state index contributed by atoms with van der Waals surface area (Å²) in [5.74, 6) is 1.15. The van der Waals surface area contributed by atoms with E-state index in [4.69, 9.17) is 4.74 Å². The molecule has 0 saturated carbocycles. The van der Waals surface area contributed by atoms with Crippen molar-refractivity contribution >= 4 is 45.5 Å². The predicted octanol–water partition coefficient (Wildman–Crippen LogP) is 5.59. The van der Waals surface area contributed by atoms with E-state index in [1.165, 1.54) is 11.8 Å². The van der Waals surface area contributed by atoms with Gasteiger partial charge in [-0.3, -0.25) is 9.36 Å². The van der Waals surface area contributed by atoms with Gasteiger partial charge >= 0.3 is 0 Å². The number of aromatic nitrogens is 3. The zero-order valence-electron chi connectivity index (χ0n) is 20.7. The second kappa shape index (κ2) is 12.6. The van der Waals surface area contributed by atoms with Crippen LogP contribution in [0.2, 0.25) is 0 Å². The number of carbonyl (C=O) groups is 1. The van der Waals surface area contributed by atoms with Crippen LogP contribution in [0.25, 0.3) is 5.69 Å². The number of amides is 1. The summed E-state index contributed by atoms with van der Waals surface area (Å²) in [6.07, 6.45) is 1.56. The largest absolute Gasteiger partial charge is 0.496 e. The van der Waals surface area contributed by atoms with E-state index < -0.39 is 5.25 Å². The molecule has 10 heteroatoms. The lowest BCUT2D eigenvalue weighted by Crippen LogP contribution is -2.27. The van der Waals surface area contributed by atoms with E-state index in [-0.39, 0.29) is 5.91 Å². The van der Waals surface area contributed by atoms with E-state index in [1.54, 1.807) is 13.3 Å². The quantitative estimate of drug-likeness (QED) is 0.145. The van der Waals surface area contributed by atoms with Gasteiger partial charge in [0.1, 0.15) is 5.75 Å². The molecule has 0 saturated heterocycles. The lowest BCUT2D eigenvalue weighted by molar-refractivity contribution is -0.120. The van der Waals surface area contributed by atoms with Crippen LogP contribution < -0.4 is 15.5 Å². The molecule has 0 bridgehead atoms.